The van der Waals surface area contributed by atoms with Crippen LogP contribution < -0.4 is 10.1 Å². The van der Waals surface area contributed by atoms with Gasteiger partial charge in [-0.1, -0.05) is 24.3 Å². The molecule has 2 aromatic heterocycles. The number of methoxy groups -OCH3 is 1. The van der Waals surface area contributed by atoms with E-state index in [2.05, 4.69) is 45.2 Å². The van der Waals surface area contributed by atoms with Crippen molar-refractivity contribution in [1.29, 1.82) is 0 Å². The second-order valence-electron chi connectivity index (χ2n) is 6.46. The van der Waals surface area contributed by atoms with Gasteiger partial charge in [0.1, 0.15) is 5.75 Å². The van der Waals surface area contributed by atoms with Gasteiger partial charge in [0.25, 0.3) is 0 Å². The van der Waals surface area contributed by atoms with E-state index in [-0.39, 0.29) is 6.04 Å². The largest absolute Gasteiger partial charge is 0.497 e. The predicted molar refractivity (Wildman–Crippen MR) is 107 cm³/mol. The summed E-state index contributed by atoms with van der Waals surface area (Å²) in [6.45, 7) is 0. The lowest BCUT2D eigenvalue weighted by atomic mass is 10.0. The van der Waals surface area contributed by atoms with E-state index in [1.54, 1.807) is 13.3 Å². The molecule has 1 aliphatic heterocycles. The van der Waals surface area contributed by atoms with Crippen molar-refractivity contribution in [2.45, 2.75) is 6.04 Å². The van der Waals surface area contributed by atoms with Crippen LogP contribution >= 0.6 is 0 Å². The number of hydrogen-bond acceptors (Lipinski definition) is 4. The SMILES string of the molecule is COc1ccc(C2C=C(c3cccnc3)Nc3nc4ccccc4n32)cc1. The van der Waals surface area contributed by atoms with Crippen LogP contribution in [-0.2, 0) is 0 Å². The Kier molecular flexibility index (Phi) is 3.64. The minimum atomic E-state index is 0.0229. The summed E-state index contributed by atoms with van der Waals surface area (Å²) in [5.41, 5.74) is 5.28. The number of pyridine rings is 1. The fraction of sp³-hybridized carbons (Fsp3) is 0.0909. The molecule has 1 aliphatic rings. The van der Waals surface area contributed by atoms with Gasteiger partial charge in [-0.2, -0.15) is 0 Å². The number of rotatable bonds is 3. The van der Waals surface area contributed by atoms with E-state index in [0.717, 1.165) is 34.0 Å². The average Bonchev–Trinajstić information content (AvgIpc) is 3.12. The molecule has 27 heavy (non-hydrogen) atoms. The fourth-order valence-corrected chi connectivity index (χ4v) is 3.55. The quantitative estimate of drug-likeness (QED) is 0.589. The smallest absolute Gasteiger partial charge is 0.209 e. The second kappa shape index (κ2) is 6.29. The Hall–Kier alpha value is -3.60. The van der Waals surface area contributed by atoms with E-state index < -0.39 is 0 Å². The summed E-state index contributed by atoms with van der Waals surface area (Å²) in [4.78, 5) is 9.06. The number of nitrogens with one attached hydrogen (secondary N) is 1. The summed E-state index contributed by atoms with van der Waals surface area (Å²) in [5.74, 6) is 1.68. The summed E-state index contributed by atoms with van der Waals surface area (Å²) in [7, 11) is 1.68. The first-order valence-electron chi connectivity index (χ1n) is 8.83. The number of fused-ring (bicyclic) bond motifs is 3. The van der Waals surface area contributed by atoms with Crippen molar-refractivity contribution in [1.82, 2.24) is 14.5 Å². The average molecular weight is 354 g/mol. The van der Waals surface area contributed by atoms with Gasteiger partial charge in [0.05, 0.1) is 24.2 Å². The molecule has 1 unspecified atom stereocenters. The van der Waals surface area contributed by atoms with Crippen molar-refractivity contribution in [2.24, 2.45) is 0 Å². The minimum absolute atomic E-state index is 0.0229. The summed E-state index contributed by atoms with van der Waals surface area (Å²) >= 11 is 0. The first kappa shape index (κ1) is 15.6. The molecule has 0 saturated heterocycles. The van der Waals surface area contributed by atoms with Crippen LogP contribution in [0.4, 0.5) is 5.95 Å². The molecular weight excluding hydrogens is 336 g/mol. The van der Waals surface area contributed by atoms with Gasteiger partial charge in [-0.25, -0.2) is 4.98 Å². The van der Waals surface area contributed by atoms with E-state index in [9.17, 15) is 0 Å². The Bertz CT molecular complexity index is 1130. The number of hydrogen-bond donors (Lipinski definition) is 1. The van der Waals surface area contributed by atoms with E-state index in [1.807, 2.05) is 42.6 Å². The van der Waals surface area contributed by atoms with Gasteiger partial charge >= 0.3 is 0 Å². The monoisotopic (exact) mass is 354 g/mol. The highest BCUT2D eigenvalue weighted by Crippen LogP contribution is 2.37. The standard InChI is InChI=1S/C22H18N4O/c1-27-17-10-8-15(9-11-17)21-13-19(16-5-4-12-23-14-16)25-22-24-18-6-2-3-7-20(18)26(21)22/h2-14,21H,1H3,(H,24,25). The molecule has 0 amide bonds. The molecular formula is C22H18N4O. The molecule has 132 valence electrons. The van der Waals surface area contributed by atoms with Crippen LogP contribution in [0.3, 0.4) is 0 Å². The number of nitrogens with zero attached hydrogens (tertiary/aromatic N) is 3. The van der Waals surface area contributed by atoms with E-state index in [4.69, 9.17) is 9.72 Å². The zero-order chi connectivity index (χ0) is 18.2. The Labute approximate surface area is 157 Å². The molecule has 0 radical (unpaired) electrons. The number of para-hydroxylation sites is 2. The number of anilines is 1. The highest BCUT2D eigenvalue weighted by molar-refractivity contribution is 5.85. The Morgan fingerprint density at radius 2 is 1.85 bits per heavy atom. The van der Waals surface area contributed by atoms with Crippen molar-refractivity contribution in [3.8, 4) is 5.75 Å². The predicted octanol–water partition coefficient (Wildman–Crippen LogP) is 4.50. The van der Waals surface area contributed by atoms with Crippen molar-refractivity contribution >= 4 is 22.7 Å². The van der Waals surface area contributed by atoms with Crippen molar-refractivity contribution < 1.29 is 4.74 Å². The van der Waals surface area contributed by atoms with Gasteiger partial charge in [0.2, 0.25) is 5.95 Å². The maximum absolute atomic E-state index is 5.32. The van der Waals surface area contributed by atoms with Gasteiger partial charge in [-0.3, -0.25) is 9.55 Å². The van der Waals surface area contributed by atoms with Gasteiger partial charge in [-0.15, -0.1) is 0 Å². The number of allylic oxidation sites excluding steroid dienone is 1. The summed E-state index contributed by atoms with van der Waals surface area (Å²) in [6, 6.07) is 20.4. The summed E-state index contributed by atoms with van der Waals surface area (Å²) in [5, 5.41) is 3.47. The molecule has 2 aromatic carbocycles. The van der Waals surface area contributed by atoms with E-state index in [0.29, 0.717) is 0 Å². The maximum Gasteiger partial charge on any atom is 0.209 e. The normalized spacial score (nSPS) is 15.7. The van der Waals surface area contributed by atoms with Crippen molar-refractivity contribution in [2.75, 3.05) is 12.4 Å². The minimum Gasteiger partial charge on any atom is -0.497 e. The molecule has 0 saturated carbocycles. The second-order valence-corrected chi connectivity index (χ2v) is 6.46. The van der Waals surface area contributed by atoms with E-state index in [1.165, 1.54) is 5.56 Å². The third-order valence-corrected chi connectivity index (χ3v) is 4.87. The molecule has 0 bridgehead atoms. The lowest BCUT2D eigenvalue weighted by Gasteiger charge is -2.26. The third kappa shape index (κ3) is 2.64. The molecule has 5 nitrogen and oxygen atoms in total. The van der Waals surface area contributed by atoms with Crippen LogP contribution in [0, 0.1) is 0 Å². The fourth-order valence-electron chi connectivity index (χ4n) is 3.55. The molecule has 0 fully saturated rings. The van der Waals surface area contributed by atoms with Crippen molar-refractivity contribution in [3.63, 3.8) is 0 Å². The topological polar surface area (TPSA) is 52.0 Å². The first-order valence-corrected chi connectivity index (χ1v) is 8.83. The third-order valence-electron chi connectivity index (χ3n) is 4.87. The van der Waals surface area contributed by atoms with Crippen LogP contribution in [-0.4, -0.2) is 21.6 Å². The van der Waals surface area contributed by atoms with Gasteiger partial charge in [0.15, 0.2) is 0 Å². The zero-order valence-corrected chi connectivity index (χ0v) is 14.8. The Morgan fingerprint density at radius 3 is 2.63 bits per heavy atom. The van der Waals surface area contributed by atoms with Gasteiger partial charge < -0.3 is 10.1 Å². The van der Waals surface area contributed by atoms with Crippen LogP contribution in [0.5, 0.6) is 5.75 Å². The number of imidazole rings is 1. The number of ether oxygens (including phenoxy) is 1. The molecule has 3 heterocycles. The van der Waals surface area contributed by atoms with Gasteiger partial charge in [-0.05, 0) is 48.0 Å². The number of benzene rings is 2. The lowest BCUT2D eigenvalue weighted by molar-refractivity contribution is 0.414. The molecule has 0 aliphatic carbocycles. The van der Waals surface area contributed by atoms with Gasteiger partial charge in [0, 0.05) is 23.7 Å². The van der Waals surface area contributed by atoms with E-state index >= 15 is 0 Å². The van der Waals surface area contributed by atoms with Crippen LogP contribution in [0.25, 0.3) is 16.7 Å². The zero-order valence-electron chi connectivity index (χ0n) is 14.8. The maximum atomic E-state index is 5.32. The lowest BCUT2D eigenvalue weighted by Crippen LogP contribution is -2.19. The molecule has 4 aromatic rings. The highest BCUT2D eigenvalue weighted by atomic mass is 16.5. The van der Waals surface area contributed by atoms with Crippen LogP contribution in [0.1, 0.15) is 17.2 Å². The Balaban J connectivity index is 1.70. The van der Waals surface area contributed by atoms with Crippen LogP contribution in [0.15, 0.2) is 79.1 Å². The highest BCUT2D eigenvalue weighted by Gasteiger charge is 2.25. The molecule has 1 atom stereocenters. The first-order chi connectivity index (χ1) is 13.3. The van der Waals surface area contributed by atoms with Crippen molar-refractivity contribution in [3.05, 3.63) is 90.3 Å². The molecule has 5 rings (SSSR count). The molecule has 0 spiro atoms. The molecule has 5 heteroatoms. The Morgan fingerprint density at radius 1 is 1.00 bits per heavy atom. The summed E-state index contributed by atoms with van der Waals surface area (Å²) < 4.78 is 7.55. The summed E-state index contributed by atoms with van der Waals surface area (Å²) in [6.07, 6.45) is 5.87. The molecule has 1 N–H and O–H groups in total. The van der Waals surface area contributed by atoms with Crippen LogP contribution in [0.2, 0.25) is 0 Å². The number of aromatic nitrogens is 3.